The minimum atomic E-state index is -3.12. The Morgan fingerprint density at radius 1 is 1.38 bits per heavy atom. The molecule has 0 saturated heterocycles. The van der Waals surface area contributed by atoms with Gasteiger partial charge in [0.05, 0.1) is 23.7 Å². The van der Waals surface area contributed by atoms with Gasteiger partial charge in [-0.3, -0.25) is 0 Å². The van der Waals surface area contributed by atoms with Crippen molar-refractivity contribution in [1.82, 2.24) is 9.97 Å². The standard InChI is InChI=1S/C13H15F2N3O2S/c1-21(19,20)6-5-10(16)13-17-7-11(18-13)8-3-2-4-9(14)12(8)15/h2-4,7,10H,5-6,16H2,1H3,(H,17,18). The van der Waals surface area contributed by atoms with Crippen LogP contribution in [-0.2, 0) is 9.84 Å². The molecule has 0 aliphatic carbocycles. The molecule has 0 aliphatic heterocycles. The lowest BCUT2D eigenvalue weighted by Gasteiger charge is -2.07. The zero-order valence-corrected chi connectivity index (χ0v) is 12.1. The Morgan fingerprint density at radius 3 is 2.76 bits per heavy atom. The zero-order chi connectivity index (χ0) is 15.6. The van der Waals surface area contributed by atoms with Gasteiger partial charge in [-0.05, 0) is 18.6 Å². The van der Waals surface area contributed by atoms with E-state index in [1.54, 1.807) is 0 Å². The largest absolute Gasteiger partial charge is 0.341 e. The summed E-state index contributed by atoms with van der Waals surface area (Å²) in [7, 11) is -3.12. The molecule has 1 heterocycles. The fourth-order valence-corrected chi connectivity index (χ4v) is 2.53. The SMILES string of the molecule is CS(=O)(=O)CCC(N)c1ncc(-c2cccc(F)c2F)[nH]1. The Labute approximate surface area is 121 Å². The van der Waals surface area contributed by atoms with Gasteiger partial charge in [0, 0.05) is 11.8 Å². The molecule has 0 spiro atoms. The number of benzene rings is 1. The van der Waals surface area contributed by atoms with E-state index in [2.05, 4.69) is 9.97 Å². The van der Waals surface area contributed by atoms with E-state index in [0.717, 1.165) is 12.3 Å². The van der Waals surface area contributed by atoms with E-state index >= 15 is 0 Å². The molecule has 0 fully saturated rings. The van der Waals surface area contributed by atoms with Gasteiger partial charge in [0.25, 0.3) is 0 Å². The summed E-state index contributed by atoms with van der Waals surface area (Å²) in [5, 5.41) is 0. The van der Waals surface area contributed by atoms with Gasteiger partial charge in [-0.25, -0.2) is 22.2 Å². The van der Waals surface area contributed by atoms with Crippen molar-refractivity contribution in [3.63, 3.8) is 0 Å². The highest BCUT2D eigenvalue weighted by Gasteiger charge is 2.16. The molecule has 2 rings (SSSR count). The topological polar surface area (TPSA) is 88.8 Å². The van der Waals surface area contributed by atoms with Crippen molar-refractivity contribution in [2.24, 2.45) is 5.73 Å². The summed E-state index contributed by atoms with van der Waals surface area (Å²) in [6, 6.07) is 3.20. The number of hydrogen-bond donors (Lipinski definition) is 2. The fraction of sp³-hybridized carbons (Fsp3) is 0.308. The van der Waals surface area contributed by atoms with Crippen molar-refractivity contribution in [3.8, 4) is 11.3 Å². The number of halogens is 2. The summed E-state index contributed by atoms with van der Waals surface area (Å²) in [5.74, 6) is -1.67. The third kappa shape index (κ3) is 3.85. The number of hydrogen-bond acceptors (Lipinski definition) is 4. The molecule has 0 radical (unpaired) electrons. The number of sulfone groups is 1. The Hall–Kier alpha value is -1.80. The molecule has 1 unspecified atom stereocenters. The number of aromatic nitrogens is 2. The summed E-state index contributed by atoms with van der Waals surface area (Å²) in [4.78, 5) is 6.80. The summed E-state index contributed by atoms with van der Waals surface area (Å²) >= 11 is 0. The van der Waals surface area contributed by atoms with Crippen molar-refractivity contribution < 1.29 is 17.2 Å². The van der Waals surface area contributed by atoms with E-state index in [0.29, 0.717) is 5.82 Å². The van der Waals surface area contributed by atoms with E-state index in [-0.39, 0.29) is 23.4 Å². The van der Waals surface area contributed by atoms with Crippen LogP contribution in [0.25, 0.3) is 11.3 Å². The van der Waals surface area contributed by atoms with Crippen LogP contribution < -0.4 is 5.73 Å². The summed E-state index contributed by atoms with van der Waals surface area (Å²) in [6.07, 6.45) is 2.65. The number of nitrogens with two attached hydrogens (primary N) is 1. The molecule has 0 bridgehead atoms. The van der Waals surface area contributed by atoms with Gasteiger partial charge >= 0.3 is 0 Å². The van der Waals surface area contributed by atoms with Gasteiger partial charge in [-0.15, -0.1) is 0 Å². The second-order valence-electron chi connectivity index (χ2n) is 4.81. The number of H-pyrrole nitrogens is 1. The second-order valence-corrected chi connectivity index (χ2v) is 7.07. The molecule has 0 aliphatic rings. The Balaban J connectivity index is 2.20. The lowest BCUT2D eigenvalue weighted by atomic mass is 10.1. The van der Waals surface area contributed by atoms with Gasteiger partial charge < -0.3 is 10.7 Å². The van der Waals surface area contributed by atoms with Gasteiger partial charge in [0.1, 0.15) is 15.7 Å². The van der Waals surface area contributed by atoms with Crippen LogP contribution in [0.1, 0.15) is 18.3 Å². The first-order chi connectivity index (χ1) is 9.78. The molecule has 1 aromatic carbocycles. The molecule has 8 heteroatoms. The third-order valence-corrected chi connectivity index (χ3v) is 3.97. The van der Waals surface area contributed by atoms with Crippen molar-refractivity contribution in [3.05, 3.63) is 41.9 Å². The number of imidazole rings is 1. The summed E-state index contributed by atoms with van der Waals surface area (Å²) < 4.78 is 49.0. The lowest BCUT2D eigenvalue weighted by Crippen LogP contribution is -2.16. The Bertz CT molecular complexity index is 744. The molecule has 2 aromatic rings. The molecule has 21 heavy (non-hydrogen) atoms. The first kappa shape index (κ1) is 15.6. The molecule has 0 amide bonds. The van der Waals surface area contributed by atoms with Crippen molar-refractivity contribution in [1.29, 1.82) is 0 Å². The Morgan fingerprint density at radius 2 is 2.10 bits per heavy atom. The van der Waals surface area contributed by atoms with Crippen LogP contribution in [0.15, 0.2) is 24.4 Å². The number of aromatic amines is 1. The first-order valence-electron chi connectivity index (χ1n) is 6.20. The van der Waals surface area contributed by atoms with Crippen LogP contribution in [-0.4, -0.2) is 30.4 Å². The molecule has 3 N–H and O–H groups in total. The minimum Gasteiger partial charge on any atom is -0.341 e. The molecule has 1 atom stereocenters. The lowest BCUT2D eigenvalue weighted by molar-refractivity contribution is 0.511. The maximum atomic E-state index is 13.7. The van der Waals surface area contributed by atoms with E-state index in [1.807, 2.05) is 0 Å². The van der Waals surface area contributed by atoms with Crippen molar-refractivity contribution in [2.75, 3.05) is 12.0 Å². The van der Waals surface area contributed by atoms with Gasteiger partial charge in [0.2, 0.25) is 0 Å². The highest BCUT2D eigenvalue weighted by molar-refractivity contribution is 7.90. The molecule has 1 aromatic heterocycles. The van der Waals surface area contributed by atoms with Gasteiger partial charge in [0.15, 0.2) is 11.6 Å². The normalized spacial score (nSPS) is 13.3. The van der Waals surface area contributed by atoms with Crippen molar-refractivity contribution in [2.45, 2.75) is 12.5 Å². The smallest absolute Gasteiger partial charge is 0.168 e. The fourth-order valence-electron chi connectivity index (χ4n) is 1.85. The predicted octanol–water partition coefficient (Wildman–Crippen LogP) is 1.79. The third-order valence-electron chi connectivity index (χ3n) is 2.99. The van der Waals surface area contributed by atoms with Crippen LogP contribution in [0, 0.1) is 11.6 Å². The monoisotopic (exact) mass is 315 g/mol. The number of rotatable bonds is 5. The number of nitrogens with zero attached hydrogens (tertiary/aromatic N) is 1. The Kier molecular flexibility index (Phi) is 4.38. The number of nitrogens with one attached hydrogen (secondary N) is 1. The van der Waals surface area contributed by atoms with Gasteiger partial charge in [-0.2, -0.15) is 0 Å². The average molecular weight is 315 g/mol. The van der Waals surface area contributed by atoms with Crippen LogP contribution in [0.5, 0.6) is 0 Å². The van der Waals surface area contributed by atoms with Gasteiger partial charge in [-0.1, -0.05) is 6.07 Å². The molecule has 114 valence electrons. The molecule has 0 saturated carbocycles. The second kappa shape index (κ2) is 5.90. The highest BCUT2D eigenvalue weighted by Crippen LogP contribution is 2.24. The van der Waals surface area contributed by atoms with E-state index in [4.69, 9.17) is 5.73 Å². The van der Waals surface area contributed by atoms with Crippen LogP contribution in [0.2, 0.25) is 0 Å². The van der Waals surface area contributed by atoms with Crippen LogP contribution in [0.3, 0.4) is 0 Å². The minimum absolute atomic E-state index is 0.0454. The maximum Gasteiger partial charge on any atom is 0.168 e. The zero-order valence-electron chi connectivity index (χ0n) is 11.3. The van der Waals surface area contributed by atoms with Crippen molar-refractivity contribution >= 4 is 9.84 Å². The molecule has 5 nitrogen and oxygen atoms in total. The van der Waals surface area contributed by atoms with Crippen LogP contribution >= 0.6 is 0 Å². The molecular formula is C13H15F2N3O2S. The average Bonchev–Trinajstić information content (AvgIpc) is 2.88. The highest BCUT2D eigenvalue weighted by atomic mass is 32.2. The molecular weight excluding hydrogens is 300 g/mol. The first-order valence-corrected chi connectivity index (χ1v) is 8.26. The predicted molar refractivity (Wildman–Crippen MR) is 75.2 cm³/mol. The summed E-state index contributed by atoms with van der Waals surface area (Å²) in [5.41, 5.74) is 6.17. The quantitative estimate of drug-likeness (QED) is 0.880. The maximum absolute atomic E-state index is 13.7. The van der Waals surface area contributed by atoms with E-state index in [1.165, 1.54) is 18.3 Å². The van der Waals surface area contributed by atoms with Crippen LogP contribution in [0.4, 0.5) is 8.78 Å². The van der Waals surface area contributed by atoms with E-state index in [9.17, 15) is 17.2 Å². The summed E-state index contributed by atoms with van der Waals surface area (Å²) in [6.45, 7) is 0. The van der Waals surface area contributed by atoms with E-state index < -0.39 is 27.5 Å².